The van der Waals surface area contributed by atoms with Crippen molar-refractivity contribution in [3.05, 3.63) is 95.1 Å². The third-order valence-corrected chi connectivity index (χ3v) is 5.49. The van der Waals surface area contributed by atoms with Crippen LogP contribution in [0.2, 0.25) is 0 Å². The summed E-state index contributed by atoms with van der Waals surface area (Å²) in [5, 5.41) is 2.80. The van der Waals surface area contributed by atoms with Crippen LogP contribution in [0.1, 0.15) is 33.7 Å². The number of aromatic nitrogens is 2. The van der Waals surface area contributed by atoms with E-state index in [1.807, 2.05) is 30.3 Å². The highest BCUT2D eigenvalue weighted by Gasteiger charge is 2.12. The molecule has 5 nitrogen and oxygen atoms in total. The number of nitrogens with zero attached hydrogens (tertiary/aromatic N) is 2. The van der Waals surface area contributed by atoms with Crippen LogP contribution in [0, 0.1) is 19.7 Å². The van der Waals surface area contributed by atoms with Gasteiger partial charge in [0.1, 0.15) is 24.0 Å². The Hall–Kier alpha value is -3.67. The second-order valence-corrected chi connectivity index (χ2v) is 8.18. The van der Waals surface area contributed by atoms with Gasteiger partial charge in [0.2, 0.25) is 0 Å². The summed E-state index contributed by atoms with van der Waals surface area (Å²) >= 11 is 0. The molecule has 0 aliphatic heterocycles. The van der Waals surface area contributed by atoms with E-state index in [-0.39, 0.29) is 5.56 Å². The van der Waals surface area contributed by atoms with E-state index in [4.69, 9.17) is 9.72 Å². The van der Waals surface area contributed by atoms with Crippen LogP contribution in [0.5, 0.6) is 5.75 Å². The Morgan fingerprint density at radius 3 is 2.55 bits per heavy atom. The van der Waals surface area contributed by atoms with Crippen molar-refractivity contribution in [3.63, 3.8) is 0 Å². The summed E-state index contributed by atoms with van der Waals surface area (Å²) < 4.78 is 22.0. The number of fused-ring (bicyclic) bond motifs is 1. The van der Waals surface area contributed by atoms with Gasteiger partial charge in [0.25, 0.3) is 5.91 Å². The van der Waals surface area contributed by atoms with Crippen LogP contribution in [-0.2, 0) is 13.0 Å². The van der Waals surface area contributed by atoms with Crippen LogP contribution in [-0.4, -0.2) is 28.6 Å². The second-order valence-electron chi connectivity index (χ2n) is 8.18. The summed E-state index contributed by atoms with van der Waals surface area (Å²) in [6.45, 7) is 5.76. The van der Waals surface area contributed by atoms with Crippen molar-refractivity contribution in [2.24, 2.45) is 0 Å². The van der Waals surface area contributed by atoms with E-state index >= 15 is 0 Å². The van der Waals surface area contributed by atoms with Crippen molar-refractivity contribution in [1.82, 2.24) is 14.9 Å². The summed E-state index contributed by atoms with van der Waals surface area (Å²) in [7, 11) is 0. The van der Waals surface area contributed by atoms with E-state index in [1.54, 1.807) is 12.1 Å². The topological polar surface area (TPSA) is 56.1 Å². The summed E-state index contributed by atoms with van der Waals surface area (Å²) in [5.74, 6) is 0.902. The zero-order chi connectivity index (χ0) is 23.2. The number of amides is 1. The molecule has 1 aromatic heterocycles. The van der Waals surface area contributed by atoms with Gasteiger partial charge in [-0.25, -0.2) is 9.37 Å². The van der Waals surface area contributed by atoms with Gasteiger partial charge in [-0.05, 0) is 67.8 Å². The molecule has 1 N–H and O–H groups in total. The van der Waals surface area contributed by atoms with Crippen LogP contribution >= 0.6 is 0 Å². The van der Waals surface area contributed by atoms with Gasteiger partial charge < -0.3 is 14.6 Å². The third-order valence-electron chi connectivity index (χ3n) is 5.49. The molecule has 1 amide bonds. The lowest BCUT2D eigenvalue weighted by Gasteiger charge is -2.12. The first-order valence-corrected chi connectivity index (χ1v) is 11.2. The number of carbonyl (C=O) groups is 1. The predicted molar refractivity (Wildman–Crippen MR) is 128 cm³/mol. The molecule has 0 aliphatic carbocycles. The minimum absolute atomic E-state index is 0.0632. The van der Waals surface area contributed by atoms with Gasteiger partial charge in [0.15, 0.2) is 0 Å². The molecule has 0 unspecified atom stereocenters. The lowest BCUT2D eigenvalue weighted by molar-refractivity contribution is 0.0949. The van der Waals surface area contributed by atoms with Gasteiger partial charge in [-0.1, -0.05) is 30.3 Å². The van der Waals surface area contributed by atoms with Crippen LogP contribution in [0.4, 0.5) is 4.39 Å². The first-order chi connectivity index (χ1) is 16.0. The number of carbonyl (C=O) groups excluding carboxylic acids is 1. The Morgan fingerprint density at radius 2 is 1.76 bits per heavy atom. The molecule has 1 heterocycles. The molecule has 0 saturated heterocycles. The molecule has 4 aromatic rings. The average molecular weight is 446 g/mol. The van der Waals surface area contributed by atoms with Crippen LogP contribution in [0.3, 0.4) is 0 Å². The van der Waals surface area contributed by atoms with E-state index in [9.17, 15) is 9.18 Å². The first kappa shape index (κ1) is 22.5. The molecular formula is C27H28FN3O2. The van der Waals surface area contributed by atoms with Crippen molar-refractivity contribution in [1.29, 1.82) is 0 Å². The highest BCUT2D eigenvalue weighted by Crippen LogP contribution is 2.19. The molecule has 3 aromatic carbocycles. The maximum absolute atomic E-state index is 13.8. The smallest absolute Gasteiger partial charge is 0.254 e. The van der Waals surface area contributed by atoms with Crippen molar-refractivity contribution < 1.29 is 13.9 Å². The van der Waals surface area contributed by atoms with E-state index in [0.717, 1.165) is 22.6 Å². The van der Waals surface area contributed by atoms with E-state index in [0.29, 0.717) is 32.5 Å². The van der Waals surface area contributed by atoms with Gasteiger partial charge >= 0.3 is 0 Å². The summed E-state index contributed by atoms with van der Waals surface area (Å²) in [5.41, 5.74) is 4.42. The maximum Gasteiger partial charge on any atom is 0.254 e. The molecule has 170 valence electrons. The minimum atomic E-state index is -0.513. The quantitative estimate of drug-likeness (QED) is 0.359. The van der Waals surface area contributed by atoms with Gasteiger partial charge in [0.05, 0.1) is 23.1 Å². The molecule has 0 radical (unpaired) electrons. The van der Waals surface area contributed by atoms with Crippen molar-refractivity contribution in [2.45, 2.75) is 33.2 Å². The Bertz CT molecular complexity index is 1250. The average Bonchev–Trinajstić information content (AvgIpc) is 3.14. The maximum atomic E-state index is 13.8. The molecule has 0 saturated carbocycles. The molecule has 33 heavy (non-hydrogen) atoms. The van der Waals surface area contributed by atoms with Crippen LogP contribution in [0.15, 0.2) is 66.7 Å². The highest BCUT2D eigenvalue weighted by atomic mass is 19.1. The Morgan fingerprint density at radius 1 is 1.03 bits per heavy atom. The number of halogens is 1. The Kier molecular flexibility index (Phi) is 7.03. The zero-order valence-electron chi connectivity index (χ0n) is 19.0. The molecular weight excluding hydrogens is 417 g/mol. The van der Waals surface area contributed by atoms with Gasteiger partial charge in [0, 0.05) is 13.0 Å². The van der Waals surface area contributed by atoms with Crippen molar-refractivity contribution in [2.75, 3.05) is 13.2 Å². The number of hydrogen-bond donors (Lipinski definition) is 1. The SMILES string of the molecule is Cc1cc(C)cc(OCCn2c(CCCNC(=O)c3ccccc3F)nc3ccccc32)c1. The standard InChI is InChI=1S/C27H28FN3O2/c1-19-16-20(2)18-21(17-19)33-15-14-31-25-11-6-5-10-24(25)30-26(31)12-7-13-29-27(32)22-8-3-4-9-23(22)28/h3-6,8-11,16-18H,7,12-15H2,1-2H3,(H,29,32). The van der Waals surface area contributed by atoms with Gasteiger partial charge in [-0.3, -0.25) is 4.79 Å². The summed E-state index contributed by atoms with van der Waals surface area (Å²) in [6, 6.07) is 20.2. The molecule has 0 aliphatic rings. The van der Waals surface area contributed by atoms with Gasteiger partial charge in [-0.15, -0.1) is 0 Å². The normalized spacial score (nSPS) is 11.0. The van der Waals surface area contributed by atoms with Crippen molar-refractivity contribution >= 4 is 16.9 Å². The Balaban J connectivity index is 1.38. The second kappa shape index (κ2) is 10.3. The number of para-hydroxylation sites is 2. The van der Waals surface area contributed by atoms with Crippen LogP contribution < -0.4 is 10.1 Å². The molecule has 0 atom stereocenters. The minimum Gasteiger partial charge on any atom is -0.492 e. The monoisotopic (exact) mass is 445 g/mol. The third kappa shape index (κ3) is 5.58. The van der Waals surface area contributed by atoms with Crippen LogP contribution in [0.25, 0.3) is 11.0 Å². The number of rotatable bonds is 9. The molecule has 0 spiro atoms. The molecule has 0 bridgehead atoms. The lowest BCUT2D eigenvalue weighted by atomic mass is 10.1. The number of benzene rings is 3. The van der Waals surface area contributed by atoms with E-state index in [1.165, 1.54) is 23.3 Å². The molecule has 0 fully saturated rings. The number of aryl methyl sites for hydroxylation is 3. The van der Waals surface area contributed by atoms with E-state index < -0.39 is 11.7 Å². The summed E-state index contributed by atoms with van der Waals surface area (Å²) in [4.78, 5) is 17.0. The predicted octanol–water partition coefficient (Wildman–Crippen LogP) is 5.23. The number of nitrogens with one attached hydrogen (secondary N) is 1. The van der Waals surface area contributed by atoms with Crippen molar-refractivity contribution in [3.8, 4) is 5.75 Å². The molecule has 6 heteroatoms. The first-order valence-electron chi connectivity index (χ1n) is 11.2. The zero-order valence-corrected chi connectivity index (χ0v) is 19.0. The fraction of sp³-hybridized carbons (Fsp3) is 0.259. The molecule has 4 rings (SSSR count). The number of imidazole rings is 1. The highest BCUT2D eigenvalue weighted by molar-refractivity contribution is 5.94. The number of hydrogen-bond acceptors (Lipinski definition) is 3. The fourth-order valence-electron chi connectivity index (χ4n) is 4.03. The Labute approximate surface area is 193 Å². The summed E-state index contributed by atoms with van der Waals surface area (Å²) in [6.07, 6.45) is 1.39. The number of ether oxygens (including phenoxy) is 1. The largest absolute Gasteiger partial charge is 0.492 e. The van der Waals surface area contributed by atoms with Gasteiger partial charge in [-0.2, -0.15) is 0 Å². The van der Waals surface area contributed by atoms with E-state index in [2.05, 4.69) is 35.9 Å². The fourth-order valence-corrected chi connectivity index (χ4v) is 4.03. The lowest BCUT2D eigenvalue weighted by Crippen LogP contribution is -2.26.